The monoisotopic (exact) mass is 424 g/mol. The number of carbonyl (C=O) groups excluding carboxylic acids is 3. The highest BCUT2D eigenvalue weighted by Gasteiger charge is 2.34. The van der Waals surface area contributed by atoms with E-state index in [0.717, 1.165) is 23.5 Å². The molecule has 3 aliphatic rings. The van der Waals surface area contributed by atoms with Gasteiger partial charge < -0.3 is 20.0 Å². The third-order valence-electron chi connectivity index (χ3n) is 6.12. The molecule has 30 heavy (non-hydrogen) atoms. The van der Waals surface area contributed by atoms with Crippen molar-refractivity contribution in [3.63, 3.8) is 0 Å². The maximum absolute atomic E-state index is 13.1. The van der Waals surface area contributed by atoms with Crippen LogP contribution in [-0.2, 0) is 17.8 Å². The Morgan fingerprint density at radius 2 is 1.77 bits per heavy atom. The zero-order valence-electron chi connectivity index (χ0n) is 16.9. The largest absolute Gasteiger partial charge is 0.372 e. The number of benzene rings is 1. The molecule has 1 aromatic carbocycles. The van der Waals surface area contributed by atoms with Crippen molar-refractivity contribution in [2.45, 2.75) is 25.8 Å². The van der Waals surface area contributed by atoms with Gasteiger partial charge in [0.15, 0.2) is 0 Å². The van der Waals surface area contributed by atoms with Crippen molar-refractivity contribution >= 4 is 39.7 Å². The molecule has 0 bridgehead atoms. The van der Waals surface area contributed by atoms with Crippen molar-refractivity contribution in [2.75, 3.05) is 43.4 Å². The third-order valence-corrected chi connectivity index (χ3v) is 7.26. The SMILES string of the molecule is CN1CC(=O)Nc2sc3c(c2C1=O)CCN(C(=O)c1ccc(N2CCCC2)cc1)C3. The van der Waals surface area contributed by atoms with Gasteiger partial charge in [-0.1, -0.05) is 0 Å². The molecule has 5 rings (SSSR count). The molecule has 8 heteroatoms. The molecule has 0 radical (unpaired) electrons. The normalized spacial score (nSPS) is 18.8. The quantitative estimate of drug-likeness (QED) is 0.804. The van der Waals surface area contributed by atoms with E-state index in [0.29, 0.717) is 35.6 Å². The molecule has 1 N–H and O–H groups in total. The number of hydrogen-bond acceptors (Lipinski definition) is 5. The lowest BCUT2D eigenvalue weighted by atomic mass is 10.0. The highest BCUT2D eigenvalue weighted by atomic mass is 32.1. The van der Waals surface area contributed by atoms with Crippen LogP contribution in [0.1, 0.15) is 44.0 Å². The first-order valence-corrected chi connectivity index (χ1v) is 11.2. The molecule has 156 valence electrons. The van der Waals surface area contributed by atoms with Gasteiger partial charge in [-0.25, -0.2) is 0 Å². The topological polar surface area (TPSA) is 73.0 Å². The van der Waals surface area contributed by atoms with Gasteiger partial charge in [0, 0.05) is 42.8 Å². The standard InChI is InChI=1S/C22H24N4O3S/c1-24-13-18(27)23-20-19(22(24)29)16-8-11-26(12-17(16)30-20)21(28)14-4-6-15(7-5-14)25-9-2-3-10-25/h4-7H,2-3,8-13H2,1H3,(H,23,27). The summed E-state index contributed by atoms with van der Waals surface area (Å²) >= 11 is 1.42. The molecule has 3 amide bonds. The van der Waals surface area contributed by atoms with Gasteiger partial charge in [-0.05, 0) is 49.1 Å². The van der Waals surface area contributed by atoms with Crippen molar-refractivity contribution in [3.8, 4) is 0 Å². The van der Waals surface area contributed by atoms with Crippen LogP contribution in [0.15, 0.2) is 24.3 Å². The van der Waals surface area contributed by atoms with E-state index in [1.807, 2.05) is 29.2 Å². The smallest absolute Gasteiger partial charge is 0.257 e. The van der Waals surface area contributed by atoms with Crippen LogP contribution in [0.4, 0.5) is 10.7 Å². The average Bonchev–Trinajstić information content (AvgIpc) is 3.38. The van der Waals surface area contributed by atoms with Gasteiger partial charge >= 0.3 is 0 Å². The van der Waals surface area contributed by atoms with E-state index in [1.165, 1.54) is 34.8 Å². The highest BCUT2D eigenvalue weighted by Crippen LogP contribution is 2.39. The second-order valence-electron chi connectivity index (χ2n) is 8.14. The summed E-state index contributed by atoms with van der Waals surface area (Å²) in [5, 5.41) is 3.47. The predicted molar refractivity (Wildman–Crippen MR) is 116 cm³/mol. The average molecular weight is 425 g/mol. The maximum Gasteiger partial charge on any atom is 0.257 e. The Morgan fingerprint density at radius 1 is 1.03 bits per heavy atom. The lowest BCUT2D eigenvalue weighted by molar-refractivity contribution is -0.116. The molecule has 0 aliphatic carbocycles. The lowest BCUT2D eigenvalue weighted by Gasteiger charge is -2.28. The Labute approximate surface area is 179 Å². The maximum atomic E-state index is 13.1. The van der Waals surface area contributed by atoms with E-state index in [1.54, 1.807) is 7.05 Å². The van der Waals surface area contributed by atoms with Crippen LogP contribution in [0, 0.1) is 0 Å². The third kappa shape index (κ3) is 3.25. The number of likely N-dealkylation sites (N-methyl/N-ethyl adjacent to an activating group) is 1. The molecule has 7 nitrogen and oxygen atoms in total. The van der Waals surface area contributed by atoms with Gasteiger partial charge in [0.2, 0.25) is 5.91 Å². The zero-order valence-corrected chi connectivity index (χ0v) is 17.8. The molecule has 0 saturated carbocycles. The van der Waals surface area contributed by atoms with E-state index < -0.39 is 0 Å². The second kappa shape index (κ2) is 7.43. The first kappa shape index (κ1) is 19.1. The number of nitrogens with one attached hydrogen (secondary N) is 1. The fourth-order valence-corrected chi connectivity index (χ4v) is 5.78. The molecule has 1 fully saturated rings. The summed E-state index contributed by atoms with van der Waals surface area (Å²) in [5.74, 6) is -0.308. The van der Waals surface area contributed by atoms with Crippen molar-refractivity contribution in [1.82, 2.24) is 9.80 Å². The number of nitrogens with zero attached hydrogens (tertiary/aromatic N) is 3. The molecular weight excluding hydrogens is 400 g/mol. The summed E-state index contributed by atoms with van der Waals surface area (Å²) in [6.07, 6.45) is 3.06. The zero-order chi connectivity index (χ0) is 20.8. The van der Waals surface area contributed by atoms with Crippen LogP contribution in [0.5, 0.6) is 0 Å². The van der Waals surface area contributed by atoms with Crippen LogP contribution in [-0.4, -0.2) is 60.7 Å². The predicted octanol–water partition coefficient (Wildman–Crippen LogP) is 2.57. The van der Waals surface area contributed by atoms with E-state index in [4.69, 9.17) is 0 Å². The van der Waals surface area contributed by atoms with Crippen LogP contribution in [0.3, 0.4) is 0 Å². The molecular formula is C22H24N4O3S. The van der Waals surface area contributed by atoms with E-state index in [9.17, 15) is 14.4 Å². The van der Waals surface area contributed by atoms with Crippen LogP contribution >= 0.6 is 11.3 Å². The molecule has 3 aliphatic heterocycles. The summed E-state index contributed by atoms with van der Waals surface area (Å²) in [4.78, 5) is 44.5. The van der Waals surface area contributed by atoms with E-state index >= 15 is 0 Å². The Morgan fingerprint density at radius 3 is 2.50 bits per heavy atom. The first-order valence-electron chi connectivity index (χ1n) is 10.4. The Hall–Kier alpha value is -2.87. The number of rotatable bonds is 2. The fraction of sp³-hybridized carbons (Fsp3) is 0.409. The number of hydrogen-bond donors (Lipinski definition) is 1. The summed E-state index contributed by atoms with van der Waals surface area (Å²) in [6, 6.07) is 7.89. The van der Waals surface area contributed by atoms with Crippen molar-refractivity contribution in [1.29, 1.82) is 0 Å². The van der Waals surface area contributed by atoms with E-state index in [2.05, 4.69) is 10.2 Å². The minimum absolute atomic E-state index is 0.00435. The Kier molecular flexibility index (Phi) is 4.73. The van der Waals surface area contributed by atoms with Crippen LogP contribution < -0.4 is 10.2 Å². The number of fused-ring (bicyclic) bond motifs is 3. The molecule has 1 saturated heterocycles. The number of amides is 3. The highest BCUT2D eigenvalue weighted by molar-refractivity contribution is 7.17. The molecule has 4 heterocycles. The molecule has 1 aromatic heterocycles. The van der Waals surface area contributed by atoms with Gasteiger partial charge in [0.25, 0.3) is 11.8 Å². The summed E-state index contributed by atoms with van der Waals surface area (Å²) in [6.45, 7) is 3.25. The molecule has 0 atom stereocenters. The van der Waals surface area contributed by atoms with Gasteiger partial charge in [-0.15, -0.1) is 11.3 Å². The number of anilines is 2. The van der Waals surface area contributed by atoms with Gasteiger partial charge in [-0.3, -0.25) is 14.4 Å². The molecule has 0 unspecified atom stereocenters. The number of carbonyl (C=O) groups is 3. The van der Waals surface area contributed by atoms with Crippen molar-refractivity contribution in [3.05, 3.63) is 45.8 Å². The number of thiophene rings is 1. The molecule has 0 spiro atoms. The lowest BCUT2D eigenvalue weighted by Crippen LogP contribution is -2.36. The van der Waals surface area contributed by atoms with Crippen LogP contribution in [0.2, 0.25) is 0 Å². The van der Waals surface area contributed by atoms with Crippen molar-refractivity contribution < 1.29 is 14.4 Å². The van der Waals surface area contributed by atoms with Crippen LogP contribution in [0.25, 0.3) is 0 Å². The van der Waals surface area contributed by atoms with Gasteiger partial charge in [-0.2, -0.15) is 0 Å². The summed E-state index contributed by atoms with van der Waals surface area (Å²) in [5.41, 5.74) is 3.43. The van der Waals surface area contributed by atoms with Gasteiger partial charge in [0.1, 0.15) is 5.00 Å². The first-order chi connectivity index (χ1) is 14.5. The minimum atomic E-state index is -0.186. The summed E-state index contributed by atoms with van der Waals surface area (Å²) < 4.78 is 0. The Balaban J connectivity index is 1.36. The Bertz CT molecular complexity index is 1020. The minimum Gasteiger partial charge on any atom is -0.372 e. The van der Waals surface area contributed by atoms with Gasteiger partial charge in [0.05, 0.1) is 18.7 Å². The summed E-state index contributed by atoms with van der Waals surface area (Å²) in [7, 11) is 1.64. The van der Waals surface area contributed by atoms with E-state index in [-0.39, 0.29) is 24.3 Å². The fourth-order valence-electron chi connectivity index (χ4n) is 4.51. The second-order valence-corrected chi connectivity index (χ2v) is 9.24. The molecule has 2 aromatic rings. The van der Waals surface area contributed by atoms with Crippen molar-refractivity contribution in [2.24, 2.45) is 0 Å².